The first-order chi connectivity index (χ1) is 19.1. The van der Waals surface area contributed by atoms with E-state index in [1.54, 1.807) is 49.4 Å². The lowest BCUT2D eigenvalue weighted by molar-refractivity contribution is -0.139. The highest BCUT2D eigenvalue weighted by Crippen LogP contribution is 2.28. The van der Waals surface area contributed by atoms with Crippen molar-refractivity contribution in [3.63, 3.8) is 0 Å². The van der Waals surface area contributed by atoms with Crippen LogP contribution < -0.4 is 14.4 Å². The maximum Gasteiger partial charge on any atom is 0.264 e. The minimum absolute atomic E-state index is 0.00409. The predicted molar refractivity (Wildman–Crippen MR) is 155 cm³/mol. The summed E-state index contributed by atoms with van der Waals surface area (Å²) in [7, 11) is -4.21. The molecule has 0 heterocycles. The molecule has 8 nitrogen and oxygen atoms in total. The van der Waals surface area contributed by atoms with Crippen molar-refractivity contribution < 1.29 is 27.1 Å². The van der Waals surface area contributed by atoms with Crippen molar-refractivity contribution in [1.82, 2.24) is 10.2 Å². The van der Waals surface area contributed by atoms with Gasteiger partial charge in [-0.3, -0.25) is 13.9 Å². The molecule has 0 radical (unpaired) electrons. The molecule has 40 heavy (non-hydrogen) atoms. The number of anilines is 1. The number of carbonyl (C=O) groups is 2. The van der Waals surface area contributed by atoms with E-state index in [9.17, 15) is 22.4 Å². The molecule has 1 atom stereocenters. The van der Waals surface area contributed by atoms with Crippen LogP contribution in [0.1, 0.15) is 26.3 Å². The standard InChI is InChI=1S/C29H34FN3O5S2/c1-5-31-29(35)21(3)32(19-22-9-7-8-10-27(22)30)28(34)20-33(23-11-13-24(14-12-23)38-6-2)40(36,37)26-17-15-25(39-4)16-18-26/h7-18,21H,5-6,19-20H2,1-4H3,(H,31,35)/t21-/m1/s1. The van der Waals surface area contributed by atoms with Gasteiger partial charge in [-0.15, -0.1) is 11.8 Å². The lowest BCUT2D eigenvalue weighted by Gasteiger charge is -2.32. The molecular weight excluding hydrogens is 553 g/mol. The van der Waals surface area contributed by atoms with Gasteiger partial charge in [0.05, 0.1) is 17.2 Å². The highest BCUT2D eigenvalue weighted by Gasteiger charge is 2.32. The monoisotopic (exact) mass is 587 g/mol. The van der Waals surface area contributed by atoms with E-state index >= 15 is 0 Å². The van der Waals surface area contributed by atoms with E-state index in [2.05, 4.69) is 5.32 Å². The van der Waals surface area contributed by atoms with Gasteiger partial charge in [0.15, 0.2) is 0 Å². The van der Waals surface area contributed by atoms with Crippen molar-refractivity contribution in [3.05, 3.63) is 84.2 Å². The minimum atomic E-state index is -4.21. The quantitative estimate of drug-likeness (QED) is 0.292. The van der Waals surface area contributed by atoms with Crippen LogP contribution in [-0.4, -0.2) is 57.1 Å². The van der Waals surface area contributed by atoms with Gasteiger partial charge in [0, 0.05) is 23.5 Å². The van der Waals surface area contributed by atoms with Crippen molar-refractivity contribution in [2.24, 2.45) is 0 Å². The fourth-order valence-electron chi connectivity index (χ4n) is 3.99. The largest absolute Gasteiger partial charge is 0.494 e. The van der Waals surface area contributed by atoms with Gasteiger partial charge in [-0.25, -0.2) is 12.8 Å². The van der Waals surface area contributed by atoms with Gasteiger partial charge in [0.1, 0.15) is 24.2 Å². The number of carbonyl (C=O) groups excluding carboxylic acids is 2. The molecule has 3 aromatic carbocycles. The van der Waals surface area contributed by atoms with E-state index in [4.69, 9.17) is 4.74 Å². The average molecular weight is 588 g/mol. The highest BCUT2D eigenvalue weighted by atomic mass is 32.2. The molecule has 2 amide bonds. The van der Waals surface area contributed by atoms with Crippen LogP contribution in [-0.2, 0) is 26.2 Å². The third-order valence-corrected chi connectivity index (χ3v) is 8.71. The summed E-state index contributed by atoms with van der Waals surface area (Å²) in [5, 5.41) is 2.68. The van der Waals surface area contributed by atoms with Crippen LogP contribution in [0.5, 0.6) is 5.75 Å². The zero-order chi connectivity index (χ0) is 29.3. The van der Waals surface area contributed by atoms with Gasteiger partial charge in [0.25, 0.3) is 10.0 Å². The molecule has 11 heteroatoms. The first kappa shape index (κ1) is 31.0. The lowest BCUT2D eigenvalue weighted by atomic mass is 10.1. The summed E-state index contributed by atoms with van der Waals surface area (Å²) in [5.41, 5.74) is 0.442. The van der Waals surface area contributed by atoms with E-state index in [0.29, 0.717) is 18.9 Å². The number of rotatable bonds is 13. The van der Waals surface area contributed by atoms with Crippen LogP contribution in [0.15, 0.2) is 82.6 Å². The summed E-state index contributed by atoms with van der Waals surface area (Å²) in [6, 6.07) is 17.7. The maximum atomic E-state index is 14.6. The van der Waals surface area contributed by atoms with Gasteiger partial charge in [-0.05, 0) is 81.6 Å². The van der Waals surface area contributed by atoms with Crippen LogP contribution in [0.25, 0.3) is 0 Å². The molecule has 0 saturated heterocycles. The zero-order valence-electron chi connectivity index (χ0n) is 23.0. The molecule has 214 valence electrons. The Kier molecular flexibility index (Phi) is 11.0. The second-order valence-corrected chi connectivity index (χ2v) is 11.5. The highest BCUT2D eigenvalue weighted by molar-refractivity contribution is 7.98. The number of halogens is 1. The summed E-state index contributed by atoms with van der Waals surface area (Å²) in [6.07, 6.45) is 1.88. The number of sulfonamides is 1. The molecule has 0 aliphatic heterocycles. The van der Waals surface area contributed by atoms with Gasteiger partial charge < -0.3 is 15.0 Å². The number of ether oxygens (including phenoxy) is 1. The molecule has 0 aliphatic rings. The van der Waals surface area contributed by atoms with Crippen molar-refractivity contribution in [3.8, 4) is 5.75 Å². The number of likely N-dealkylation sites (N-methyl/N-ethyl adjacent to an activating group) is 1. The summed E-state index contributed by atoms with van der Waals surface area (Å²) in [5.74, 6) is -1.09. The third kappa shape index (κ3) is 7.54. The molecule has 0 aromatic heterocycles. The number of thioether (sulfide) groups is 1. The Balaban J connectivity index is 2.04. The Bertz CT molecular complexity index is 1400. The van der Waals surface area contributed by atoms with E-state index in [1.807, 2.05) is 13.2 Å². The summed E-state index contributed by atoms with van der Waals surface area (Å²) in [6.45, 7) is 5.05. The van der Waals surface area contributed by atoms with Crippen LogP contribution in [0.3, 0.4) is 0 Å². The Morgan fingerprint density at radius 2 is 1.65 bits per heavy atom. The average Bonchev–Trinajstić information content (AvgIpc) is 2.95. The molecule has 3 aromatic rings. The van der Waals surface area contributed by atoms with Gasteiger partial charge in [-0.2, -0.15) is 0 Å². The smallest absolute Gasteiger partial charge is 0.264 e. The number of benzene rings is 3. The second-order valence-electron chi connectivity index (χ2n) is 8.80. The van der Waals surface area contributed by atoms with Crippen molar-refractivity contribution in [2.75, 3.05) is 30.3 Å². The maximum absolute atomic E-state index is 14.6. The predicted octanol–water partition coefficient (Wildman–Crippen LogP) is 4.70. The number of amides is 2. The normalized spacial score (nSPS) is 11.9. The molecule has 0 fully saturated rings. The number of hydrogen-bond acceptors (Lipinski definition) is 6. The first-order valence-corrected chi connectivity index (χ1v) is 15.5. The second kappa shape index (κ2) is 14.2. The van der Waals surface area contributed by atoms with Gasteiger partial charge in [-0.1, -0.05) is 18.2 Å². The van der Waals surface area contributed by atoms with Crippen LogP contribution in [0, 0.1) is 5.82 Å². The van der Waals surface area contributed by atoms with Gasteiger partial charge in [0.2, 0.25) is 11.8 Å². The Labute approximate surface area is 239 Å². The molecule has 0 unspecified atom stereocenters. The van der Waals surface area contributed by atoms with E-state index < -0.39 is 40.2 Å². The van der Waals surface area contributed by atoms with E-state index in [0.717, 1.165) is 9.20 Å². The first-order valence-electron chi connectivity index (χ1n) is 12.8. The van der Waals surface area contributed by atoms with E-state index in [1.165, 1.54) is 53.9 Å². The fourth-order valence-corrected chi connectivity index (χ4v) is 5.82. The SMILES string of the molecule is CCNC(=O)[C@@H](C)N(Cc1ccccc1F)C(=O)CN(c1ccc(OCC)cc1)S(=O)(=O)c1ccc(SC)cc1. The molecule has 0 bridgehead atoms. The Morgan fingerprint density at radius 1 is 1.00 bits per heavy atom. The fraction of sp³-hybridized carbons (Fsp3) is 0.310. The number of nitrogens with zero attached hydrogens (tertiary/aromatic N) is 2. The van der Waals surface area contributed by atoms with Crippen molar-refractivity contribution in [2.45, 2.75) is 43.1 Å². The van der Waals surface area contributed by atoms with Gasteiger partial charge >= 0.3 is 0 Å². The topological polar surface area (TPSA) is 96.0 Å². The molecule has 0 spiro atoms. The van der Waals surface area contributed by atoms with Crippen LogP contribution in [0.2, 0.25) is 0 Å². The Morgan fingerprint density at radius 3 is 2.23 bits per heavy atom. The summed E-state index contributed by atoms with van der Waals surface area (Å²) < 4.78 is 48.9. The number of nitrogens with one attached hydrogen (secondary N) is 1. The zero-order valence-corrected chi connectivity index (χ0v) is 24.6. The summed E-state index contributed by atoms with van der Waals surface area (Å²) >= 11 is 1.47. The molecule has 3 rings (SSSR count). The summed E-state index contributed by atoms with van der Waals surface area (Å²) in [4.78, 5) is 28.7. The Hall–Kier alpha value is -3.57. The van der Waals surface area contributed by atoms with Crippen molar-refractivity contribution >= 4 is 39.3 Å². The third-order valence-electron chi connectivity index (χ3n) is 6.18. The minimum Gasteiger partial charge on any atom is -0.494 e. The number of hydrogen-bond donors (Lipinski definition) is 1. The molecule has 1 N–H and O–H groups in total. The van der Waals surface area contributed by atoms with Crippen molar-refractivity contribution in [1.29, 1.82) is 0 Å². The van der Waals surface area contributed by atoms with Crippen LogP contribution in [0.4, 0.5) is 10.1 Å². The molecular formula is C29H34FN3O5S2. The molecule has 0 saturated carbocycles. The lowest BCUT2D eigenvalue weighted by Crippen LogP contribution is -2.51. The van der Waals surface area contributed by atoms with Crippen LogP contribution >= 0.6 is 11.8 Å². The molecule has 0 aliphatic carbocycles. The van der Waals surface area contributed by atoms with E-state index in [-0.39, 0.29) is 22.7 Å².